The van der Waals surface area contributed by atoms with Gasteiger partial charge in [-0.05, 0) is 52.4 Å². The summed E-state index contributed by atoms with van der Waals surface area (Å²) >= 11 is 0. The van der Waals surface area contributed by atoms with Crippen LogP contribution in [0.3, 0.4) is 0 Å². The van der Waals surface area contributed by atoms with Crippen molar-refractivity contribution in [2.75, 3.05) is 6.61 Å². The molecular formula is C12H22O. The third-order valence-electron chi connectivity index (χ3n) is 2.54. The van der Waals surface area contributed by atoms with Gasteiger partial charge in [0.1, 0.15) is 0 Å². The molecular weight excluding hydrogens is 160 g/mol. The van der Waals surface area contributed by atoms with Crippen LogP contribution in [0, 0.1) is 5.92 Å². The van der Waals surface area contributed by atoms with E-state index in [2.05, 4.69) is 27.4 Å². The third-order valence-corrected chi connectivity index (χ3v) is 2.54. The Labute approximate surface area is 82.2 Å². The van der Waals surface area contributed by atoms with Crippen molar-refractivity contribution in [3.8, 4) is 0 Å². The molecule has 0 aromatic carbocycles. The Bertz CT molecular complexity index is 176. The van der Waals surface area contributed by atoms with Crippen molar-refractivity contribution in [1.82, 2.24) is 0 Å². The zero-order chi connectivity index (χ0) is 9.90. The lowest BCUT2D eigenvalue weighted by molar-refractivity contribution is -0.00883. The van der Waals surface area contributed by atoms with Crippen molar-refractivity contribution in [2.45, 2.75) is 52.1 Å². The van der Waals surface area contributed by atoms with Crippen LogP contribution in [0.2, 0.25) is 0 Å². The highest BCUT2D eigenvalue weighted by molar-refractivity contribution is 5.01. The third kappa shape index (κ3) is 4.47. The molecule has 1 nitrogen and oxygen atoms in total. The summed E-state index contributed by atoms with van der Waals surface area (Å²) < 4.78 is 5.70. The summed E-state index contributed by atoms with van der Waals surface area (Å²) in [5.41, 5.74) is 1.45. The zero-order valence-electron chi connectivity index (χ0n) is 9.23. The molecule has 0 amide bonds. The van der Waals surface area contributed by atoms with Crippen LogP contribution in [0.4, 0.5) is 0 Å². The maximum atomic E-state index is 5.70. The minimum absolute atomic E-state index is 0.0234. The minimum Gasteiger partial charge on any atom is -0.376 e. The van der Waals surface area contributed by atoms with Crippen LogP contribution in [0.25, 0.3) is 0 Å². The zero-order valence-corrected chi connectivity index (χ0v) is 9.23. The van der Waals surface area contributed by atoms with E-state index in [-0.39, 0.29) is 5.60 Å². The highest BCUT2D eigenvalue weighted by Gasteiger charge is 2.18. The van der Waals surface area contributed by atoms with Gasteiger partial charge in [0.15, 0.2) is 0 Å². The summed E-state index contributed by atoms with van der Waals surface area (Å²) in [6.07, 6.45) is 5.00. The number of ether oxygens (including phenoxy) is 1. The topological polar surface area (TPSA) is 9.23 Å². The Hall–Kier alpha value is -0.300. The summed E-state index contributed by atoms with van der Waals surface area (Å²) in [6.45, 7) is 11.3. The summed E-state index contributed by atoms with van der Waals surface area (Å²) in [7, 11) is 0. The largest absolute Gasteiger partial charge is 0.376 e. The minimum atomic E-state index is 0.0234. The second-order valence-electron chi connectivity index (χ2n) is 5.11. The molecule has 1 saturated carbocycles. The molecule has 1 heteroatoms. The predicted molar refractivity (Wildman–Crippen MR) is 56.8 cm³/mol. The van der Waals surface area contributed by atoms with Crippen LogP contribution < -0.4 is 0 Å². The summed E-state index contributed by atoms with van der Waals surface area (Å²) in [4.78, 5) is 0. The Balaban J connectivity index is 2.10. The molecule has 0 N–H and O–H groups in total. The van der Waals surface area contributed by atoms with Crippen LogP contribution in [0.5, 0.6) is 0 Å². The van der Waals surface area contributed by atoms with Crippen LogP contribution in [-0.4, -0.2) is 12.2 Å². The maximum absolute atomic E-state index is 5.70. The highest BCUT2D eigenvalue weighted by Crippen LogP contribution is 2.31. The van der Waals surface area contributed by atoms with E-state index in [0.29, 0.717) is 0 Å². The Morgan fingerprint density at radius 1 is 1.46 bits per heavy atom. The predicted octanol–water partition coefficient (Wildman–Crippen LogP) is 3.55. The molecule has 0 unspecified atom stereocenters. The number of allylic oxidation sites excluding steroid dienone is 1. The molecule has 1 fully saturated rings. The molecule has 0 aromatic rings. The van der Waals surface area contributed by atoms with Gasteiger partial charge in [-0.1, -0.05) is 12.2 Å². The fourth-order valence-corrected chi connectivity index (χ4v) is 1.80. The van der Waals surface area contributed by atoms with E-state index >= 15 is 0 Å². The Kier molecular flexibility index (Phi) is 3.55. The molecule has 0 radical (unpaired) electrons. The van der Waals surface area contributed by atoms with E-state index < -0.39 is 0 Å². The first-order chi connectivity index (χ1) is 5.97. The van der Waals surface area contributed by atoms with E-state index in [1.54, 1.807) is 0 Å². The molecule has 0 bridgehead atoms. The monoisotopic (exact) mass is 182 g/mol. The van der Waals surface area contributed by atoms with Crippen molar-refractivity contribution in [2.24, 2.45) is 5.92 Å². The van der Waals surface area contributed by atoms with Gasteiger partial charge in [0.25, 0.3) is 0 Å². The first-order valence-corrected chi connectivity index (χ1v) is 5.28. The van der Waals surface area contributed by atoms with E-state index in [4.69, 9.17) is 4.74 Å². The van der Waals surface area contributed by atoms with Gasteiger partial charge in [-0.15, -0.1) is 0 Å². The Morgan fingerprint density at radius 2 is 2.15 bits per heavy atom. The van der Waals surface area contributed by atoms with Crippen LogP contribution in [0.1, 0.15) is 46.5 Å². The van der Waals surface area contributed by atoms with Gasteiger partial charge in [0.05, 0.1) is 5.60 Å². The standard InChI is InChI=1S/C12H22O/c1-10-5-6-11(9-10)7-8-13-12(2,3)4/h11H,1,5-9H2,2-4H3/t11-/m0/s1. The second-order valence-corrected chi connectivity index (χ2v) is 5.11. The number of hydrogen-bond donors (Lipinski definition) is 0. The molecule has 1 aliphatic carbocycles. The normalized spacial score (nSPS) is 23.9. The fourth-order valence-electron chi connectivity index (χ4n) is 1.80. The molecule has 0 aromatic heterocycles. The van der Waals surface area contributed by atoms with Crippen molar-refractivity contribution < 1.29 is 4.74 Å². The quantitative estimate of drug-likeness (QED) is 0.606. The number of rotatable bonds is 3. The summed E-state index contributed by atoms with van der Waals surface area (Å²) in [6, 6.07) is 0. The van der Waals surface area contributed by atoms with Gasteiger partial charge in [-0.2, -0.15) is 0 Å². The molecule has 0 aliphatic heterocycles. The lowest BCUT2D eigenvalue weighted by Gasteiger charge is -2.20. The van der Waals surface area contributed by atoms with E-state index in [9.17, 15) is 0 Å². The SMILES string of the molecule is C=C1CC[C@@H](CCOC(C)(C)C)C1. The first kappa shape index (κ1) is 10.8. The van der Waals surface area contributed by atoms with Gasteiger partial charge >= 0.3 is 0 Å². The number of hydrogen-bond acceptors (Lipinski definition) is 1. The van der Waals surface area contributed by atoms with E-state index in [0.717, 1.165) is 12.5 Å². The molecule has 0 spiro atoms. The highest BCUT2D eigenvalue weighted by atomic mass is 16.5. The van der Waals surface area contributed by atoms with Crippen molar-refractivity contribution in [3.05, 3.63) is 12.2 Å². The van der Waals surface area contributed by atoms with Gasteiger partial charge in [0.2, 0.25) is 0 Å². The second kappa shape index (κ2) is 4.28. The summed E-state index contributed by atoms with van der Waals surface area (Å²) in [5, 5.41) is 0. The molecule has 13 heavy (non-hydrogen) atoms. The van der Waals surface area contributed by atoms with E-state index in [1.807, 2.05) is 0 Å². The van der Waals surface area contributed by atoms with Crippen LogP contribution in [-0.2, 0) is 4.74 Å². The molecule has 0 saturated heterocycles. The van der Waals surface area contributed by atoms with Crippen LogP contribution >= 0.6 is 0 Å². The maximum Gasteiger partial charge on any atom is 0.0598 e. The smallest absolute Gasteiger partial charge is 0.0598 e. The summed E-state index contributed by atoms with van der Waals surface area (Å²) in [5.74, 6) is 0.842. The average Bonchev–Trinajstić information content (AvgIpc) is 2.33. The van der Waals surface area contributed by atoms with Crippen molar-refractivity contribution >= 4 is 0 Å². The molecule has 1 aliphatic rings. The molecule has 1 rings (SSSR count). The van der Waals surface area contributed by atoms with Crippen LogP contribution in [0.15, 0.2) is 12.2 Å². The molecule has 1 atom stereocenters. The van der Waals surface area contributed by atoms with Crippen molar-refractivity contribution in [1.29, 1.82) is 0 Å². The van der Waals surface area contributed by atoms with Gasteiger partial charge in [-0.3, -0.25) is 0 Å². The van der Waals surface area contributed by atoms with Gasteiger partial charge < -0.3 is 4.74 Å². The Morgan fingerprint density at radius 3 is 2.62 bits per heavy atom. The van der Waals surface area contributed by atoms with Gasteiger partial charge in [0, 0.05) is 6.61 Å². The van der Waals surface area contributed by atoms with Gasteiger partial charge in [-0.25, -0.2) is 0 Å². The molecule has 76 valence electrons. The average molecular weight is 182 g/mol. The molecule has 0 heterocycles. The fraction of sp³-hybridized carbons (Fsp3) is 0.833. The van der Waals surface area contributed by atoms with E-state index in [1.165, 1.54) is 31.3 Å². The van der Waals surface area contributed by atoms with Crippen molar-refractivity contribution in [3.63, 3.8) is 0 Å². The first-order valence-electron chi connectivity index (χ1n) is 5.28. The lowest BCUT2D eigenvalue weighted by Crippen LogP contribution is -2.20. The lowest BCUT2D eigenvalue weighted by atomic mass is 10.0.